The van der Waals surface area contributed by atoms with Gasteiger partial charge in [0.1, 0.15) is 0 Å². The summed E-state index contributed by atoms with van der Waals surface area (Å²) in [6.45, 7) is 0.576. The molecule has 1 saturated carbocycles. The molecule has 0 bridgehead atoms. The monoisotopic (exact) mass is 297 g/mol. The number of benzene rings is 1. The van der Waals surface area contributed by atoms with E-state index in [-0.39, 0.29) is 5.84 Å². The van der Waals surface area contributed by atoms with Gasteiger partial charge < -0.3 is 20.9 Å². The predicted molar refractivity (Wildman–Crippen MR) is 80.7 cm³/mol. The minimum absolute atomic E-state index is 0.0152. The molecule has 2 rings (SSSR count). The fourth-order valence-corrected chi connectivity index (χ4v) is 3.00. The van der Waals surface area contributed by atoms with E-state index >= 15 is 0 Å². The summed E-state index contributed by atoms with van der Waals surface area (Å²) < 4.78 is 0. The SMILES string of the molecule is CN(CC1(O)CCCC1)c1ccc(/C(N)=N/O)c(Cl)c1. The topological polar surface area (TPSA) is 82.1 Å². The standard InChI is InChI=1S/C14H20ClN3O2/c1-18(9-14(19)6-2-3-7-14)10-4-5-11(12(15)8-10)13(16)17-20/h4-5,8,19-20H,2-3,6-7,9H2,1H3,(H2,16,17). The zero-order chi connectivity index (χ0) is 14.8. The maximum atomic E-state index is 10.4. The van der Waals surface area contributed by atoms with Gasteiger partial charge in [0.2, 0.25) is 0 Å². The Morgan fingerprint density at radius 1 is 1.45 bits per heavy atom. The Hall–Kier alpha value is -1.46. The molecule has 5 nitrogen and oxygen atoms in total. The largest absolute Gasteiger partial charge is 0.409 e. The minimum atomic E-state index is -0.606. The van der Waals surface area contributed by atoms with E-state index in [9.17, 15) is 5.11 Å². The lowest BCUT2D eigenvalue weighted by Gasteiger charge is -2.30. The van der Waals surface area contributed by atoms with Gasteiger partial charge in [-0.15, -0.1) is 0 Å². The highest BCUT2D eigenvalue weighted by Crippen LogP contribution is 2.32. The Morgan fingerprint density at radius 3 is 2.65 bits per heavy atom. The van der Waals surface area contributed by atoms with Crippen molar-refractivity contribution in [1.82, 2.24) is 0 Å². The third kappa shape index (κ3) is 3.16. The molecule has 0 atom stereocenters. The second kappa shape index (κ2) is 5.89. The van der Waals surface area contributed by atoms with Crippen LogP contribution in [-0.2, 0) is 0 Å². The third-order valence-electron chi connectivity index (χ3n) is 3.84. The summed E-state index contributed by atoms with van der Waals surface area (Å²) in [7, 11) is 1.92. The molecule has 0 spiro atoms. The van der Waals surface area contributed by atoms with Crippen LogP contribution >= 0.6 is 11.6 Å². The normalized spacial score (nSPS) is 18.2. The van der Waals surface area contributed by atoms with E-state index in [1.165, 1.54) is 0 Å². The van der Waals surface area contributed by atoms with Gasteiger partial charge in [0.25, 0.3) is 0 Å². The molecule has 1 aromatic carbocycles. The molecule has 0 heterocycles. The van der Waals surface area contributed by atoms with Crippen molar-refractivity contribution >= 4 is 23.1 Å². The van der Waals surface area contributed by atoms with Crippen LogP contribution in [0, 0.1) is 0 Å². The summed E-state index contributed by atoms with van der Waals surface area (Å²) >= 11 is 6.14. The maximum absolute atomic E-state index is 10.4. The molecule has 0 radical (unpaired) electrons. The van der Waals surface area contributed by atoms with Crippen LogP contribution in [0.3, 0.4) is 0 Å². The zero-order valence-corrected chi connectivity index (χ0v) is 12.3. The van der Waals surface area contributed by atoms with Crippen LogP contribution in [0.4, 0.5) is 5.69 Å². The average molecular weight is 298 g/mol. The van der Waals surface area contributed by atoms with Gasteiger partial charge in [0.15, 0.2) is 5.84 Å². The second-order valence-corrected chi connectivity index (χ2v) is 5.84. The molecule has 1 aliphatic rings. The molecule has 0 aromatic heterocycles. The molecule has 20 heavy (non-hydrogen) atoms. The first-order valence-corrected chi connectivity index (χ1v) is 7.04. The van der Waals surface area contributed by atoms with Gasteiger partial charge in [-0.3, -0.25) is 0 Å². The molecule has 0 amide bonds. The maximum Gasteiger partial charge on any atom is 0.171 e. The highest BCUT2D eigenvalue weighted by Gasteiger charge is 2.32. The first-order valence-electron chi connectivity index (χ1n) is 6.66. The Labute approximate surface area is 123 Å². The number of halogens is 1. The summed E-state index contributed by atoms with van der Waals surface area (Å²) in [5.41, 5.74) is 6.32. The van der Waals surface area contributed by atoms with Gasteiger partial charge in [-0.05, 0) is 31.0 Å². The van der Waals surface area contributed by atoms with E-state index in [1.807, 2.05) is 18.0 Å². The molecule has 4 N–H and O–H groups in total. The smallest absolute Gasteiger partial charge is 0.171 e. The number of aliphatic hydroxyl groups is 1. The van der Waals surface area contributed by atoms with E-state index in [2.05, 4.69) is 5.16 Å². The van der Waals surface area contributed by atoms with E-state index in [4.69, 9.17) is 22.5 Å². The summed E-state index contributed by atoms with van der Waals surface area (Å²) in [4.78, 5) is 1.98. The number of oxime groups is 1. The summed E-state index contributed by atoms with van der Waals surface area (Å²) in [6.07, 6.45) is 3.83. The zero-order valence-electron chi connectivity index (χ0n) is 11.5. The van der Waals surface area contributed by atoms with Gasteiger partial charge in [0, 0.05) is 24.8 Å². The fourth-order valence-electron chi connectivity index (χ4n) is 2.73. The van der Waals surface area contributed by atoms with Crippen molar-refractivity contribution in [1.29, 1.82) is 0 Å². The van der Waals surface area contributed by atoms with E-state index in [1.54, 1.807) is 12.1 Å². The number of hydrogen-bond donors (Lipinski definition) is 3. The van der Waals surface area contributed by atoms with E-state index in [0.29, 0.717) is 17.1 Å². The van der Waals surface area contributed by atoms with Crippen LogP contribution in [0.1, 0.15) is 31.2 Å². The molecule has 1 aliphatic carbocycles. The molecular formula is C14H20ClN3O2. The fraction of sp³-hybridized carbons (Fsp3) is 0.500. The number of hydrogen-bond acceptors (Lipinski definition) is 4. The Bertz CT molecular complexity index is 513. The van der Waals surface area contributed by atoms with Crippen LogP contribution < -0.4 is 10.6 Å². The number of likely N-dealkylation sites (N-methyl/N-ethyl adjacent to an activating group) is 1. The number of anilines is 1. The lowest BCUT2D eigenvalue weighted by atomic mass is 10.0. The second-order valence-electron chi connectivity index (χ2n) is 5.44. The van der Waals surface area contributed by atoms with Crippen molar-refractivity contribution in [3.63, 3.8) is 0 Å². The predicted octanol–water partition coefficient (Wildman–Crippen LogP) is 2.18. The van der Waals surface area contributed by atoms with Crippen molar-refractivity contribution in [2.45, 2.75) is 31.3 Å². The van der Waals surface area contributed by atoms with Crippen LogP contribution in [0.2, 0.25) is 5.02 Å². The number of amidine groups is 1. The Kier molecular flexibility index (Phi) is 4.40. The van der Waals surface area contributed by atoms with Crippen molar-refractivity contribution in [2.24, 2.45) is 10.9 Å². The summed E-state index contributed by atoms with van der Waals surface area (Å²) in [5.74, 6) is -0.0152. The van der Waals surface area contributed by atoms with Gasteiger partial charge in [-0.1, -0.05) is 29.6 Å². The van der Waals surface area contributed by atoms with Crippen LogP contribution in [-0.4, -0.2) is 35.3 Å². The van der Waals surface area contributed by atoms with Crippen LogP contribution in [0.5, 0.6) is 0 Å². The highest BCUT2D eigenvalue weighted by atomic mass is 35.5. The minimum Gasteiger partial charge on any atom is -0.409 e. The Morgan fingerprint density at radius 2 is 2.10 bits per heavy atom. The van der Waals surface area contributed by atoms with Crippen molar-refractivity contribution < 1.29 is 10.3 Å². The molecule has 0 aliphatic heterocycles. The lowest BCUT2D eigenvalue weighted by molar-refractivity contribution is 0.0559. The summed E-state index contributed by atoms with van der Waals surface area (Å²) in [5, 5.41) is 22.5. The molecule has 0 saturated heterocycles. The third-order valence-corrected chi connectivity index (χ3v) is 4.16. The highest BCUT2D eigenvalue weighted by molar-refractivity contribution is 6.34. The van der Waals surface area contributed by atoms with Crippen LogP contribution in [0.15, 0.2) is 23.4 Å². The molecule has 6 heteroatoms. The van der Waals surface area contributed by atoms with Crippen molar-refractivity contribution in [3.05, 3.63) is 28.8 Å². The van der Waals surface area contributed by atoms with Crippen molar-refractivity contribution in [2.75, 3.05) is 18.5 Å². The van der Waals surface area contributed by atoms with Gasteiger partial charge >= 0.3 is 0 Å². The first kappa shape index (κ1) is 14.9. The molecule has 1 aromatic rings. The number of nitrogens with zero attached hydrogens (tertiary/aromatic N) is 2. The quantitative estimate of drug-likeness (QED) is 0.344. The molecule has 110 valence electrons. The summed E-state index contributed by atoms with van der Waals surface area (Å²) in [6, 6.07) is 5.31. The first-order chi connectivity index (χ1) is 9.45. The van der Waals surface area contributed by atoms with Crippen molar-refractivity contribution in [3.8, 4) is 0 Å². The van der Waals surface area contributed by atoms with Gasteiger partial charge in [-0.25, -0.2) is 0 Å². The number of rotatable bonds is 4. The van der Waals surface area contributed by atoms with Gasteiger partial charge in [-0.2, -0.15) is 0 Å². The van der Waals surface area contributed by atoms with E-state index < -0.39 is 5.60 Å². The van der Waals surface area contributed by atoms with Crippen LogP contribution in [0.25, 0.3) is 0 Å². The molecule has 1 fully saturated rings. The molecule has 0 unspecified atom stereocenters. The van der Waals surface area contributed by atoms with E-state index in [0.717, 1.165) is 31.4 Å². The number of nitrogens with two attached hydrogens (primary N) is 1. The molecular weight excluding hydrogens is 278 g/mol. The average Bonchev–Trinajstić information content (AvgIpc) is 2.84. The Balaban J connectivity index is 2.15. The van der Waals surface area contributed by atoms with Gasteiger partial charge in [0.05, 0.1) is 10.6 Å². The lowest BCUT2D eigenvalue weighted by Crippen LogP contribution is -2.39.